The highest BCUT2D eigenvalue weighted by molar-refractivity contribution is 9.10. The molecule has 1 aromatic heterocycles. The third-order valence-electron chi connectivity index (χ3n) is 2.65. The van der Waals surface area contributed by atoms with Crippen molar-refractivity contribution in [3.63, 3.8) is 0 Å². The minimum atomic E-state index is 0.289. The molecule has 0 amide bonds. The highest BCUT2D eigenvalue weighted by Gasteiger charge is 2.07. The van der Waals surface area contributed by atoms with Crippen molar-refractivity contribution in [3.05, 3.63) is 50.6 Å². The Bertz CT molecular complexity index is 546. The third-order valence-corrected chi connectivity index (χ3v) is 5.48. The zero-order chi connectivity index (χ0) is 13.7. The molecule has 2 aromatic rings. The number of hydrogen-bond donors (Lipinski definition) is 0. The first kappa shape index (κ1) is 14.8. The summed E-state index contributed by atoms with van der Waals surface area (Å²) in [5.41, 5.74) is 0. The van der Waals surface area contributed by atoms with Crippen molar-refractivity contribution < 1.29 is 4.79 Å². The topological polar surface area (TPSA) is 17.1 Å². The minimum Gasteiger partial charge on any atom is -0.298 e. The summed E-state index contributed by atoms with van der Waals surface area (Å²) in [6.45, 7) is 2.14. The molecule has 0 fully saturated rings. The van der Waals surface area contributed by atoms with Crippen molar-refractivity contribution in [2.75, 3.05) is 5.75 Å². The molecule has 4 heteroatoms. The molecule has 1 aromatic carbocycles. The first-order valence-corrected chi connectivity index (χ1v) is 8.74. The van der Waals surface area contributed by atoms with E-state index >= 15 is 0 Å². The molecule has 0 aliphatic heterocycles. The molecule has 1 heterocycles. The van der Waals surface area contributed by atoms with Crippen LogP contribution in [0.25, 0.3) is 0 Å². The summed E-state index contributed by atoms with van der Waals surface area (Å²) in [7, 11) is 0. The monoisotopic (exact) mass is 354 g/mol. The van der Waals surface area contributed by atoms with E-state index in [4.69, 9.17) is 0 Å². The van der Waals surface area contributed by atoms with Crippen LogP contribution in [0.15, 0.2) is 45.8 Å². The van der Waals surface area contributed by atoms with E-state index in [9.17, 15) is 4.79 Å². The average Bonchev–Trinajstić information content (AvgIpc) is 2.86. The van der Waals surface area contributed by atoms with Crippen LogP contribution in [-0.4, -0.2) is 11.5 Å². The van der Waals surface area contributed by atoms with E-state index < -0.39 is 0 Å². The third kappa shape index (κ3) is 4.79. The zero-order valence-corrected chi connectivity index (χ0v) is 13.9. The highest BCUT2D eigenvalue weighted by atomic mass is 79.9. The van der Waals surface area contributed by atoms with Crippen molar-refractivity contribution in [1.29, 1.82) is 0 Å². The Morgan fingerprint density at radius 3 is 2.47 bits per heavy atom. The fourth-order valence-electron chi connectivity index (χ4n) is 1.65. The zero-order valence-electron chi connectivity index (χ0n) is 10.7. The second-order valence-electron chi connectivity index (χ2n) is 4.18. The number of Topliss-reactive ketones (excluding diaryl/α,β-unsaturated/α-hetero) is 1. The predicted octanol–water partition coefficient (Wildman–Crippen LogP) is 4.98. The van der Waals surface area contributed by atoms with Gasteiger partial charge < -0.3 is 0 Å². The molecule has 0 atom stereocenters. The van der Waals surface area contributed by atoms with Gasteiger partial charge in [-0.15, -0.1) is 23.1 Å². The smallest absolute Gasteiger partial charge is 0.148 e. The maximum atomic E-state index is 11.9. The maximum Gasteiger partial charge on any atom is 0.148 e. The van der Waals surface area contributed by atoms with Crippen LogP contribution in [0.3, 0.4) is 0 Å². The van der Waals surface area contributed by atoms with Crippen molar-refractivity contribution >= 4 is 44.8 Å². The van der Waals surface area contributed by atoms with Crippen molar-refractivity contribution in [3.8, 4) is 0 Å². The van der Waals surface area contributed by atoms with Crippen LogP contribution in [-0.2, 0) is 17.6 Å². The van der Waals surface area contributed by atoms with E-state index in [1.807, 2.05) is 24.3 Å². The van der Waals surface area contributed by atoms with Crippen LogP contribution in [0.5, 0.6) is 0 Å². The van der Waals surface area contributed by atoms with Gasteiger partial charge in [0.25, 0.3) is 0 Å². The number of thiophene rings is 1. The first-order chi connectivity index (χ1) is 9.17. The number of rotatable bonds is 6. The lowest BCUT2D eigenvalue weighted by Crippen LogP contribution is -2.04. The van der Waals surface area contributed by atoms with Crippen LogP contribution in [0.4, 0.5) is 0 Å². The van der Waals surface area contributed by atoms with Crippen LogP contribution in [0.1, 0.15) is 16.7 Å². The van der Waals surface area contributed by atoms with E-state index in [2.05, 4.69) is 35.0 Å². The molecule has 0 unspecified atom stereocenters. The minimum absolute atomic E-state index is 0.289. The molecule has 0 N–H and O–H groups in total. The van der Waals surface area contributed by atoms with Gasteiger partial charge in [0.05, 0.1) is 5.75 Å². The van der Waals surface area contributed by atoms with Gasteiger partial charge in [-0.2, -0.15) is 0 Å². The Morgan fingerprint density at radius 2 is 1.84 bits per heavy atom. The second-order valence-corrected chi connectivity index (χ2v) is 7.40. The molecular weight excluding hydrogens is 340 g/mol. The summed E-state index contributed by atoms with van der Waals surface area (Å²) in [6.07, 6.45) is 1.61. The molecule has 0 aliphatic carbocycles. The Labute approximate surface area is 130 Å². The number of hydrogen-bond acceptors (Lipinski definition) is 3. The van der Waals surface area contributed by atoms with Gasteiger partial charge in [-0.3, -0.25) is 4.79 Å². The Balaban J connectivity index is 1.82. The van der Waals surface area contributed by atoms with Gasteiger partial charge in [-0.1, -0.05) is 22.9 Å². The number of aryl methyl sites for hydroxylation is 1. The quantitative estimate of drug-likeness (QED) is 0.680. The average molecular weight is 355 g/mol. The van der Waals surface area contributed by atoms with E-state index in [0.29, 0.717) is 12.2 Å². The molecule has 0 radical (unpaired) electrons. The van der Waals surface area contributed by atoms with E-state index in [1.54, 1.807) is 23.1 Å². The summed E-state index contributed by atoms with van der Waals surface area (Å²) < 4.78 is 1.06. The predicted molar refractivity (Wildman–Crippen MR) is 87.3 cm³/mol. The molecule has 0 saturated carbocycles. The summed E-state index contributed by atoms with van der Waals surface area (Å²) in [5.74, 6) is 0.832. The molecule has 0 aliphatic rings. The highest BCUT2D eigenvalue weighted by Crippen LogP contribution is 2.22. The summed E-state index contributed by atoms with van der Waals surface area (Å²) in [6, 6.07) is 12.3. The molecule has 0 bridgehead atoms. The fraction of sp³-hybridized carbons (Fsp3) is 0.267. The van der Waals surface area contributed by atoms with E-state index in [0.717, 1.165) is 15.8 Å². The van der Waals surface area contributed by atoms with Gasteiger partial charge >= 0.3 is 0 Å². The summed E-state index contributed by atoms with van der Waals surface area (Å²) >= 11 is 6.76. The molecule has 0 spiro atoms. The molecule has 100 valence electrons. The Hall–Kier alpha value is -0.580. The standard InChI is InChI=1S/C15H15BrOS2/c1-2-13-7-8-15(19-13)9-12(17)10-18-14-5-3-11(16)4-6-14/h3-8H,2,9-10H2,1H3. The summed E-state index contributed by atoms with van der Waals surface area (Å²) in [5, 5.41) is 0. The molecule has 0 saturated heterocycles. The van der Waals surface area contributed by atoms with Crippen LogP contribution in [0, 0.1) is 0 Å². The number of carbonyl (C=O) groups is 1. The summed E-state index contributed by atoms with van der Waals surface area (Å²) in [4.78, 5) is 15.6. The maximum absolute atomic E-state index is 11.9. The van der Waals surface area contributed by atoms with Gasteiger partial charge in [-0.05, 0) is 42.8 Å². The van der Waals surface area contributed by atoms with Crippen molar-refractivity contribution in [1.82, 2.24) is 0 Å². The Kier molecular flexibility index (Phi) is 5.67. The van der Waals surface area contributed by atoms with E-state index in [1.165, 1.54) is 9.75 Å². The van der Waals surface area contributed by atoms with Gasteiger partial charge in [0.2, 0.25) is 0 Å². The van der Waals surface area contributed by atoms with Crippen molar-refractivity contribution in [2.45, 2.75) is 24.7 Å². The number of thioether (sulfide) groups is 1. The van der Waals surface area contributed by atoms with Gasteiger partial charge in [0.1, 0.15) is 5.78 Å². The number of ketones is 1. The second kappa shape index (κ2) is 7.27. The SMILES string of the molecule is CCc1ccc(CC(=O)CSc2ccc(Br)cc2)s1. The molecule has 19 heavy (non-hydrogen) atoms. The van der Waals surface area contributed by atoms with Crippen molar-refractivity contribution in [2.24, 2.45) is 0 Å². The normalized spacial score (nSPS) is 10.6. The van der Waals surface area contributed by atoms with Crippen LogP contribution < -0.4 is 0 Å². The molecule has 2 rings (SSSR count). The number of benzene rings is 1. The van der Waals surface area contributed by atoms with Gasteiger partial charge in [0.15, 0.2) is 0 Å². The fourth-order valence-corrected chi connectivity index (χ4v) is 3.66. The van der Waals surface area contributed by atoms with Gasteiger partial charge in [-0.25, -0.2) is 0 Å². The first-order valence-electron chi connectivity index (χ1n) is 6.15. The number of carbonyl (C=O) groups excluding carboxylic acids is 1. The van der Waals surface area contributed by atoms with Crippen LogP contribution in [0.2, 0.25) is 0 Å². The lowest BCUT2D eigenvalue weighted by molar-refractivity contribution is -0.115. The van der Waals surface area contributed by atoms with Gasteiger partial charge in [0, 0.05) is 25.5 Å². The largest absolute Gasteiger partial charge is 0.298 e. The molecule has 1 nitrogen and oxygen atoms in total. The van der Waals surface area contributed by atoms with E-state index in [-0.39, 0.29) is 5.78 Å². The van der Waals surface area contributed by atoms with Crippen LogP contribution >= 0.6 is 39.0 Å². The Morgan fingerprint density at radius 1 is 1.16 bits per heavy atom. The number of halogens is 1. The lowest BCUT2D eigenvalue weighted by atomic mass is 10.2. The lowest BCUT2D eigenvalue weighted by Gasteiger charge is -2.01. The molecular formula is C15H15BrOS2.